The van der Waals surface area contributed by atoms with Crippen LogP contribution in [0.3, 0.4) is 0 Å². The van der Waals surface area contributed by atoms with Gasteiger partial charge in [0.2, 0.25) is 5.13 Å². The Labute approximate surface area is 174 Å². The minimum absolute atomic E-state index is 0.559. The van der Waals surface area contributed by atoms with Crippen LogP contribution in [0.4, 0.5) is 5.13 Å². The van der Waals surface area contributed by atoms with Crippen LogP contribution in [0.25, 0.3) is 11.3 Å². The SMILES string of the molecule is Cc1ccc(COc2ccc(/C=N/Nc3nc(-c4ccccc4)cs3)cc2)cc1. The summed E-state index contributed by atoms with van der Waals surface area (Å²) >= 11 is 1.53. The summed E-state index contributed by atoms with van der Waals surface area (Å²) in [4.78, 5) is 4.56. The molecule has 4 aromatic rings. The molecule has 0 radical (unpaired) electrons. The molecule has 0 aliphatic rings. The zero-order valence-electron chi connectivity index (χ0n) is 16.1. The topological polar surface area (TPSA) is 46.5 Å². The van der Waals surface area contributed by atoms with Crippen LogP contribution in [0.15, 0.2) is 89.3 Å². The Morgan fingerprint density at radius 2 is 1.72 bits per heavy atom. The molecule has 4 rings (SSSR count). The molecule has 0 unspecified atom stereocenters. The van der Waals surface area contributed by atoms with Gasteiger partial charge in [-0.1, -0.05) is 60.2 Å². The largest absolute Gasteiger partial charge is 0.489 e. The number of nitrogens with one attached hydrogen (secondary N) is 1. The number of anilines is 1. The van der Waals surface area contributed by atoms with Gasteiger partial charge in [-0.2, -0.15) is 5.10 Å². The maximum Gasteiger partial charge on any atom is 0.203 e. The summed E-state index contributed by atoms with van der Waals surface area (Å²) in [5.74, 6) is 0.836. The van der Waals surface area contributed by atoms with E-state index in [0.717, 1.165) is 33.3 Å². The summed E-state index contributed by atoms with van der Waals surface area (Å²) < 4.78 is 5.84. The Kier molecular flexibility index (Phi) is 5.98. The van der Waals surface area contributed by atoms with E-state index in [1.165, 1.54) is 16.9 Å². The molecule has 1 heterocycles. The van der Waals surface area contributed by atoms with Crippen molar-refractivity contribution in [1.82, 2.24) is 4.98 Å². The van der Waals surface area contributed by atoms with E-state index in [0.29, 0.717) is 6.61 Å². The van der Waals surface area contributed by atoms with Crippen LogP contribution >= 0.6 is 11.3 Å². The Morgan fingerprint density at radius 1 is 0.966 bits per heavy atom. The van der Waals surface area contributed by atoms with Crippen molar-refractivity contribution in [2.75, 3.05) is 5.43 Å². The van der Waals surface area contributed by atoms with Gasteiger partial charge in [-0.3, -0.25) is 5.43 Å². The highest BCUT2D eigenvalue weighted by Gasteiger charge is 2.03. The summed E-state index contributed by atoms with van der Waals surface area (Å²) in [6.07, 6.45) is 1.77. The zero-order chi connectivity index (χ0) is 19.9. The molecule has 0 saturated carbocycles. The summed E-state index contributed by atoms with van der Waals surface area (Å²) in [6, 6.07) is 26.3. The molecule has 1 N–H and O–H groups in total. The number of aryl methyl sites for hydroxylation is 1. The third kappa shape index (κ3) is 5.30. The predicted octanol–water partition coefficient (Wildman–Crippen LogP) is 6.14. The summed E-state index contributed by atoms with van der Waals surface area (Å²) in [6.45, 7) is 2.64. The second kappa shape index (κ2) is 9.17. The average molecular weight is 400 g/mol. The molecular weight excluding hydrogens is 378 g/mol. The van der Waals surface area contributed by atoms with Crippen LogP contribution < -0.4 is 10.2 Å². The Balaban J connectivity index is 1.30. The number of hydrogen-bond acceptors (Lipinski definition) is 5. The quantitative estimate of drug-likeness (QED) is 0.300. The summed E-state index contributed by atoms with van der Waals surface area (Å²) in [7, 11) is 0. The van der Waals surface area contributed by atoms with E-state index in [-0.39, 0.29) is 0 Å². The summed E-state index contributed by atoms with van der Waals surface area (Å²) in [5.41, 5.74) is 8.43. The van der Waals surface area contributed by atoms with Crippen LogP contribution in [0.5, 0.6) is 5.75 Å². The highest BCUT2D eigenvalue weighted by Crippen LogP contribution is 2.24. The van der Waals surface area contributed by atoms with E-state index in [9.17, 15) is 0 Å². The fraction of sp³-hybridized carbons (Fsp3) is 0.0833. The Hall–Kier alpha value is -3.44. The van der Waals surface area contributed by atoms with Gasteiger partial charge in [0.15, 0.2) is 0 Å². The van der Waals surface area contributed by atoms with E-state index < -0.39 is 0 Å². The number of hydrogen-bond donors (Lipinski definition) is 1. The maximum atomic E-state index is 5.84. The number of benzene rings is 3. The van der Waals surface area contributed by atoms with Crippen molar-refractivity contribution < 1.29 is 4.74 Å². The van der Waals surface area contributed by atoms with Crippen LogP contribution in [0.1, 0.15) is 16.7 Å². The highest BCUT2D eigenvalue weighted by molar-refractivity contribution is 7.14. The number of rotatable bonds is 7. The van der Waals surface area contributed by atoms with Gasteiger partial charge in [-0.05, 0) is 42.3 Å². The monoisotopic (exact) mass is 399 g/mol. The summed E-state index contributed by atoms with van der Waals surface area (Å²) in [5, 5.41) is 7.07. The molecule has 0 atom stereocenters. The Bertz CT molecular complexity index is 1070. The maximum absolute atomic E-state index is 5.84. The first-order valence-corrected chi connectivity index (χ1v) is 10.2. The molecule has 0 bridgehead atoms. The van der Waals surface area contributed by atoms with Crippen molar-refractivity contribution in [2.24, 2.45) is 5.10 Å². The lowest BCUT2D eigenvalue weighted by Crippen LogP contribution is -1.95. The molecule has 3 aromatic carbocycles. The predicted molar refractivity (Wildman–Crippen MR) is 121 cm³/mol. The second-order valence-electron chi connectivity index (χ2n) is 6.62. The first kappa shape index (κ1) is 18.9. The van der Waals surface area contributed by atoms with Crippen molar-refractivity contribution in [3.63, 3.8) is 0 Å². The van der Waals surface area contributed by atoms with Crippen LogP contribution in [0.2, 0.25) is 0 Å². The molecule has 0 aliphatic carbocycles. The molecule has 1 aromatic heterocycles. The van der Waals surface area contributed by atoms with E-state index in [4.69, 9.17) is 4.74 Å². The van der Waals surface area contributed by atoms with E-state index >= 15 is 0 Å². The molecule has 29 heavy (non-hydrogen) atoms. The third-order valence-corrected chi connectivity index (χ3v) is 5.10. The number of ether oxygens (including phenoxy) is 1. The van der Waals surface area contributed by atoms with E-state index in [2.05, 4.69) is 46.7 Å². The fourth-order valence-electron chi connectivity index (χ4n) is 2.73. The molecule has 0 fully saturated rings. The molecule has 4 nitrogen and oxygen atoms in total. The molecule has 5 heteroatoms. The number of aromatic nitrogens is 1. The average Bonchev–Trinajstić information content (AvgIpc) is 3.24. The zero-order valence-corrected chi connectivity index (χ0v) is 16.9. The van der Waals surface area contributed by atoms with Gasteiger partial charge in [0.05, 0.1) is 11.9 Å². The fourth-order valence-corrected chi connectivity index (χ4v) is 3.40. The first-order chi connectivity index (χ1) is 14.3. The van der Waals surface area contributed by atoms with Gasteiger partial charge >= 0.3 is 0 Å². The van der Waals surface area contributed by atoms with Crippen molar-refractivity contribution >= 4 is 22.7 Å². The smallest absolute Gasteiger partial charge is 0.203 e. The highest BCUT2D eigenvalue weighted by atomic mass is 32.1. The van der Waals surface area contributed by atoms with Crippen LogP contribution in [0, 0.1) is 6.92 Å². The number of hydrazone groups is 1. The molecule has 0 saturated heterocycles. The molecule has 0 amide bonds. The van der Waals surface area contributed by atoms with Crippen molar-refractivity contribution in [3.8, 4) is 17.0 Å². The van der Waals surface area contributed by atoms with Crippen molar-refractivity contribution in [1.29, 1.82) is 0 Å². The van der Waals surface area contributed by atoms with Gasteiger partial charge < -0.3 is 4.74 Å². The first-order valence-electron chi connectivity index (χ1n) is 9.35. The number of nitrogens with zero attached hydrogens (tertiary/aromatic N) is 2. The third-order valence-electron chi connectivity index (χ3n) is 4.35. The van der Waals surface area contributed by atoms with Gasteiger partial charge in [-0.15, -0.1) is 11.3 Å². The molecule has 0 aliphatic heterocycles. The lowest BCUT2D eigenvalue weighted by Gasteiger charge is -2.06. The number of thiazole rings is 1. The van der Waals surface area contributed by atoms with Gasteiger partial charge in [0, 0.05) is 10.9 Å². The minimum atomic E-state index is 0.559. The standard InChI is InChI=1S/C24H21N3OS/c1-18-7-9-20(10-8-18)16-28-22-13-11-19(12-14-22)15-25-27-24-26-23(17-29-24)21-5-3-2-4-6-21/h2-15,17H,16H2,1H3,(H,26,27)/b25-15+. The van der Waals surface area contributed by atoms with Gasteiger partial charge in [-0.25, -0.2) is 4.98 Å². The molecule has 144 valence electrons. The van der Waals surface area contributed by atoms with E-state index in [1.54, 1.807) is 6.21 Å². The van der Waals surface area contributed by atoms with Crippen LogP contribution in [-0.2, 0) is 6.61 Å². The molecule has 0 spiro atoms. The lowest BCUT2D eigenvalue weighted by molar-refractivity contribution is 0.306. The second-order valence-corrected chi connectivity index (χ2v) is 7.48. The van der Waals surface area contributed by atoms with Crippen LogP contribution in [-0.4, -0.2) is 11.2 Å². The lowest BCUT2D eigenvalue weighted by atomic mass is 10.2. The molecular formula is C24H21N3OS. The minimum Gasteiger partial charge on any atom is -0.489 e. The Morgan fingerprint density at radius 3 is 2.48 bits per heavy atom. The van der Waals surface area contributed by atoms with Gasteiger partial charge in [0.25, 0.3) is 0 Å². The van der Waals surface area contributed by atoms with Crippen molar-refractivity contribution in [3.05, 3.63) is 101 Å². The van der Waals surface area contributed by atoms with Crippen molar-refractivity contribution in [2.45, 2.75) is 13.5 Å². The normalized spacial score (nSPS) is 10.9. The van der Waals surface area contributed by atoms with E-state index in [1.807, 2.05) is 60.0 Å². The van der Waals surface area contributed by atoms with Gasteiger partial charge in [0.1, 0.15) is 12.4 Å².